The minimum absolute atomic E-state index is 0.0940. The van der Waals surface area contributed by atoms with Gasteiger partial charge in [-0.05, 0) is 43.5 Å². The molecule has 1 heterocycles. The second-order valence-electron chi connectivity index (χ2n) is 4.75. The van der Waals surface area contributed by atoms with Gasteiger partial charge in [0, 0.05) is 16.7 Å². The lowest BCUT2D eigenvalue weighted by atomic mass is 10.1. The van der Waals surface area contributed by atoms with Crippen molar-refractivity contribution in [1.82, 2.24) is 9.78 Å². The lowest BCUT2D eigenvalue weighted by Gasteiger charge is -2.18. The average molecular weight is 322 g/mol. The van der Waals surface area contributed by atoms with Gasteiger partial charge in [-0.2, -0.15) is 5.10 Å². The van der Waals surface area contributed by atoms with Gasteiger partial charge in [0.25, 0.3) is 0 Å². The van der Waals surface area contributed by atoms with Crippen molar-refractivity contribution in [2.75, 3.05) is 6.54 Å². The fraction of sp³-hybridized carbons (Fsp3) is 0.400. The van der Waals surface area contributed by atoms with Crippen LogP contribution in [0.15, 0.2) is 28.7 Å². The molecule has 19 heavy (non-hydrogen) atoms. The van der Waals surface area contributed by atoms with E-state index in [0.29, 0.717) is 6.54 Å². The average Bonchev–Trinajstić information content (AvgIpc) is 2.66. The van der Waals surface area contributed by atoms with Crippen LogP contribution in [0.25, 0.3) is 0 Å². The molecule has 0 saturated heterocycles. The summed E-state index contributed by atoms with van der Waals surface area (Å²) < 4.78 is 3.14. The van der Waals surface area contributed by atoms with Gasteiger partial charge in [-0.15, -0.1) is 0 Å². The molecule has 1 aromatic heterocycles. The molecular formula is C15H20BrN3. The lowest BCUT2D eigenvalue weighted by Crippen LogP contribution is -2.22. The quantitative estimate of drug-likeness (QED) is 0.938. The molecule has 0 aliphatic carbocycles. The predicted molar refractivity (Wildman–Crippen MR) is 82.4 cm³/mol. The largest absolute Gasteiger partial charge is 0.328 e. The van der Waals surface area contributed by atoms with E-state index in [1.807, 2.05) is 12.1 Å². The van der Waals surface area contributed by atoms with Gasteiger partial charge >= 0.3 is 0 Å². The minimum atomic E-state index is 0.0940. The highest BCUT2D eigenvalue weighted by atomic mass is 79.9. The molecule has 0 spiro atoms. The number of benzene rings is 1. The molecule has 4 heteroatoms. The Kier molecular flexibility index (Phi) is 4.42. The standard InChI is InChI=1S/C15H20BrN3/c1-4-14-10(2)18-19(11(14)3)15(9-17)12-6-5-7-13(16)8-12/h5-8,15H,4,9,17H2,1-3H3. The normalized spacial score (nSPS) is 12.7. The van der Waals surface area contributed by atoms with E-state index in [4.69, 9.17) is 5.73 Å². The van der Waals surface area contributed by atoms with E-state index in [-0.39, 0.29) is 6.04 Å². The van der Waals surface area contributed by atoms with Crippen LogP contribution >= 0.6 is 15.9 Å². The van der Waals surface area contributed by atoms with E-state index in [1.165, 1.54) is 16.8 Å². The van der Waals surface area contributed by atoms with Gasteiger partial charge < -0.3 is 5.73 Å². The van der Waals surface area contributed by atoms with Crippen molar-refractivity contribution >= 4 is 15.9 Å². The van der Waals surface area contributed by atoms with Gasteiger partial charge in [-0.3, -0.25) is 4.68 Å². The first-order valence-corrected chi connectivity index (χ1v) is 7.37. The van der Waals surface area contributed by atoms with Crippen LogP contribution in [0.5, 0.6) is 0 Å². The summed E-state index contributed by atoms with van der Waals surface area (Å²) in [5.41, 5.74) is 10.8. The number of hydrogen-bond donors (Lipinski definition) is 1. The third-order valence-electron chi connectivity index (χ3n) is 3.58. The lowest BCUT2D eigenvalue weighted by molar-refractivity contribution is 0.516. The fourth-order valence-corrected chi connectivity index (χ4v) is 3.02. The molecule has 0 amide bonds. The van der Waals surface area contributed by atoms with Crippen LogP contribution in [0.2, 0.25) is 0 Å². The molecule has 2 rings (SSSR count). The number of rotatable bonds is 4. The predicted octanol–water partition coefficient (Wildman–Crippen LogP) is 3.37. The Morgan fingerprint density at radius 1 is 1.37 bits per heavy atom. The van der Waals surface area contributed by atoms with E-state index in [1.54, 1.807) is 0 Å². The second-order valence-corrected chi connectivity index (χ2v) is 5.67. The van der Waals surface area contributed by atoms with Gasteiger partial charge in [0.2, 0.25) is 0 Å². The Labute approximate surface area is 122 Å². The second kappa shape index (κ2) is 5.88. The van der Waals surface area contributed by atoms with Gasteiger partial charge in [0.1, 0.15) is 0 Å². The molecule has 0 saturated carbocycles. The van der Waals surface area contributed by atoms with Crippen molar-refractivity contribution in [2.45, 2.75) is 33.2 Å². The summed E-state index contributed by atoms with van der Waals surface area (Å²) in [5.74, 6) is 0. The van der Waals surface area contributed by atoms with Crippen LogP contribution < -0.4 is 5.73 Å². The van der Waals surface area contributed by atoms with Crippen LogP contribution in [-0.4, -0.2) is 16.3 Å². The van der Waals surface area contributed by atoms with Crippen LogP contribution in [0, 0.1) is 13.8 Å². The summed E-state index contributed by atoms with van der Waals surface area (Å²) in [6, 6.07) is 8.37. The number of nitrogens with two attached hydrogens (primary N) is 1. The van der Waals surface area contributed by atoms with Crippen molar-refractivity contribution in [2.24, 2.45) is 5.73 Å². The minimum Gasteiger partial charge on any atom is -0.328 e. The molecule has 1 unspecified atom stereocenters. The summed E-state index contributed by atoms with van der Waals surface area (Å²) in [6.45, 7) is 6.90. The number of aromatic nitrogens is 2. The van der Waals surface area contributed by atoms with E-state index in [2.05, 4.69) is 58.6 Å². The molecule has 0 bridgehead atoms. The van der Waals surface area contributed by atoms with Gasteiger partial charge in [0.05, 0.1) is 11.7 Å². The zero-order chi connectivity index (χ0) is 14.0. The summed E-state index contributed by atoms with van der Waals surface area (Å²) in [4.78, 5) is 0. The molecule has 1 aromatic carbocycles. The molecule has 1 atom stereocenters. The molecule has 3 nitrogen and oxygen atoms in total. The number of hydrogen-bond acceptors (Lipinski definition) is 2. The monoisotopic (exact) mass is 321 g/mol. The molecule has 0 radical (unpaired) electrons. The zero-order valence-electron chi connectivity index (χ0n) is 11.7. The fourth-order valence-electron chi connectivity index (χ4n) is 2.60. The smallest absolute Gasteiger partial charge is 0.0894 e. The van der Waals surface area contributed by atoms with Crippen molar-refractivity contribution in [3.8, 4) is 0 Å². The van der Waals surface area contributed by atoms with Crippen molar-refractivity contribution in [3.05, 3.63) is 51.3 Å². The van der Waals surface area contributed by atoms with Crippen LogP contribution in [0.3, 0.4) is 0 Å². The highest BCUT2D eigenvalue weighted by molar-refractivity contribution is 9.10. The highest BCUT2D eigenvalue weighted by Gasteiger charge is 2.18. The first kappa shape index (κ1) is 14.3. The first-order valence-electron chi connectivity index (χ1n) is 6.58. The number of nitrogens with zero attached hydrogens (tertiary/aromatic N) is 2. The Bertz CT molecular complexity index is 575. The summed E-state index contributed by atoms with van der Waals surface area (Å²) in [6.07, 6.45) is 1.01. The van der Waals surface area contributed by atoms with Crippen LogP contribution in [-0.2, 0) is 6.42 Å². The molecule has 2 N–H and O–H groups in total. The SMILES string of the molecule is CCc1c(C)nn(C(CN)c2cccc(Br)c2)c1C. The summed E-state index contributed by atoms with van der Waals surface area (Å²) >= 11 is 3.51. The molecule has 2 aromatic rings. The number of halogens is 1. The molecule has 0 aliphatic rings. The van der Waals surface area contributed by atoms with Crippen molar-refractivity contribution < 1.29 is 0 Å². The van der Waals surface area contributed by atoms with Crippen LogP contribution in [0.4, 0.5) is 0 Å². The van der Waals surface area contributed by atoms with Crippen molar-refractivity contribution in [1.29, 1.82) is 0 Å². The summed E-state index contributed by atoms with van der Waals surface area (Å²) in [7, 11) is 0. The highest BCUT2D eigenvalue weighted by Crippen LogP contribution is 2.24. The Hall–Kier alpha value is -1.13. The first-order chi connectivity index (χ1) is 9.08. The van der Waals surface area contributed by atoms with Gasteiger partial charge in [-0.1, -0.05) is 35.0 Å². The third-order valence-corrected chi connectivity index (χ3v) is 4.07. The van der Waals surface area contributed by atoms with Crippen molar-refractivity contribution in [3.63, 3.8) is 0 Å². The number of aryl methyl sites for hydroxylation is 1. The van der Waals surface area contributed by atoms with Gasteiger partial charge in [0.15, 0.2) is 0 Å². The van der Waals surface area contributed by atoms with Crippen LogP contribution in [0.1, 0.15) is 35.5 Å². The topological polar surface area (TPSA) is 43.8 Å². The molecule has 102 valence electrons. The zero-order valence-corrected chi connectivity index (χ0v) is 13.2. The van der Waals surface area contributed by atoms with E-state index >= 15 is 0 Å². The summed E-state index contributed by atoms with van der Waals surface area (Å²) in [5, 5.41) is 4.68. The Morgan fingerprint density at radius 3 is 2.63 bits per heavy atom. The molecular weight excluding hydrogens is 302 g/mol. The maximum atomic E-state index is 5.98. The maximum Gasteiger partial charge on any atom is 0.0894 e. The maximum absolute atomic E-state index is 5.98. The van der Waals surface area contributed by atoms with E-state index in [0.717, 1.165) is 16.6 Å². The van der Waals surface area contributed by atoms with E-state index < -0.39 is 0 Å². The molecule has 0 fully saturated rings. The van der Waals surface area contributed by atoms with E-state index in [9.17, 15) is 0 Å². The Morgan fingerprint density at radius 2 is 2.11 bits per heavy atom. The Balaban J connectivity index is 2.48. The van der Waals surface area contributed by atoms with Gasteiger partial charge in [-0.25, -0.2) is 0 Å². The molecule has 0 aliphatic heterocycles. The third kappa shape index (κ3) is 2.74.